The summed E-state index contributed by atoms with van der Waals surface area (Å²) in [4.78, 5) is 56.7. The fourth-order valence-electron chi connectivity index (χ4n) is 4.62. The highest BCUT2D eigenvalue weighted by Crippen LogP contribution is 2.58. The van der Waals surface area contributed by atoms with Crippen LogP contribution in [0.25, 0.3) is 16.0 Å². The SMILES string of the molecule is CC(=O)OC(c1cn2c(nc3ccccc32)s1)C1(Br)C(=O)N2C(C(=O)OC(c3ccccc3)[N+](=O)[O-])=CS[C@@H]21. The molecule has 2 aliphatic rings. The molecule has 0 saturated carbocycles. The molecule has 0 spiro atoms. The number of carbonyl (C=O) groups excluding carboxylic acids is 3. The van der Waals surface area contributed by atoms with Gasteiger partial charge in [0.05, 0.1) is 26.4 Å². The number of para-hydroxylation sites is 2. The van der Waals surface area contributed by atoms with E-state index in [4.69, 9.17) is 9.47 Å². The van der Waals surface area contributed by atoms with E-state index in [1.54, 1.807) is 24.4 Å². The third-order valence-corrected chi connectivity index (χ3v) is 10.1. The van der Waals surface area contributed by atoms with Crippen molar-refractivity contribution >= 4 is 72.9 Å². The lowest BCUT2D eigenvalue weighted by atomic mass is 9.90. The van der Waals surface area contributed by atoms with Gasteiger partial charge in [0, 0.05) is 18.5 Å². The van der Waals surface area contributed by atoms with Gasteiger partial charge in [0.15, 0.2) is 15.4 Å². The molecule has 0 N–H and O–H groups in total. The van der Waals surface area contributed by atoms with Gasteiger partial charge in [-0.3, -0.25) is 29.0 Å². The molecule has 1 amide bonds. The second kappa shape index (κ2) is 9.47. The molecule has 0 aliphatic carbocycles. The van der Waals surface area contributed by atoms with E-state index in [-0.39, 0.29) is 11.3 Å². The molecule has 2 aromatic carbocycles. The molecule has 2 aromatic heterocycles. The molecule has 39 heavy (non-hydrogen) atoms. The van der Waals surface area contributed by atoms with Crippen LogP contribution in [-0.4, -0.2) is 46.8 Å². The average Bonchev–Trinajstić information content (AvgIpc) is 3.62. The number of nitrogens with zero attached hydrogens (tertiary/aromatic N) is 4. The van der Waals surface area contributed by atoms with Crippen molar-refractivity contribution in [3.63, 3.8) is 0 Å². The predicted octanol–water partition coefficient (Wildman–Crippen LogP) is 4.56. The van der Waals surface area contributed by atoms with E-state index in [2.05, 4.69) is 20.9 Å². The molecule has 198 valence electrons. The van der Waals surface area contributed by atoms with Crippen LogP contribution >= 0.6 is 39.0 Å². The summed E-state index contributed by atoms with van der Waals surface area (Å²) < 4.78 is 11.4. The number of rotatable bonds is 7. The Bertz CT molecular complexity index is 1700. The van der Waals surface area contributed by atoms with Crippen molar-refractivity contribution in [2.45, 2.75) is 29.0 Å². The van der Waals surface area contributed by atoms with Crippen LogP contribution in [0.4, 0.5) is 0 Å². The van der Waals surface area contributed by atoms with Gasteiger partial charge in [-0.15, -0.1) is 11.8 Å². The Morgan fingerprint density at radius 2 is 1.87 bits per heavy atom. The highest BCUT2D eigenvalue weighted by atomic mass is 79.9. The van der Waals surface area contributed by atoms with Gasteiger partial charge in [0.1, 0.15) is 11.1 Å². The molecule has 11 nitrogen and oxygen atoms in total. The summed E-state index contributed by atoms with van der Waals surface area (Å²) >= 11 is 5.98. The molecule has 4 heterocycles. The van der Waals surface area contributed by atoms with Gasteiger partial charge in [-0.1, -0.05) is 57.6 Å². The third-order valence-electron chi connectivity index (χ3n) is 6.37. The number of β-lactam (4-membered cyclic amide) rings is 1. The van der Waals surface area contributed by atoms with Crippen LogP contribution < -0.4 is 0 Å². The summed E-state index contributed by atoms with van der Waals surface area (Å²) in [5.41, 5.74) is 1.73. The number of alkyl halides is 1. The minimum Gasteiger partial charge on any atom is -0.455 e. The van der Waals surface area contributed by atoms with E-state index < -0.39 is 44.8 Å². The number of hydrogen-bond donors (Lipinski definition) is 0. The highest BCUT2D eigenvalue weighted by molar-refractivity contribution is 9.10. The number of esters is 2. The Labute approximate surface area is 236 Å². The van der Waals surface area contributed by atoms with Crippen LogP contribution in [0, 0.1) is 10.1 Å². The minimum atomic E-state index is -1.74. The van der Waals surface area contributed by atoms with Gasteiger partial charge in [0.25, 0.3) is 5.91 Å². The first-order valence-corrected chi connectivity index (χ1v) is 14.1. The Morgan fingerprint density at radius 3 is 2.59 bits per heavy atom. The standard InChI is InChI=1S/C25H17BrN4O7S2/c1-13(31)36-19(18-11-28-16-10-6-5-9-15(16)27-24(28)39-18)25(26)22(33)29-17(12-38-23(25)29)21(32)37-20(30(34)35)14-7-3-2-4-8-14/h2-12,19-20,23H,1H3/t19?,20?,23-,25?/m1/s1. The number of fused-ring (bicyclic) bond motifs is 4. The molecular formula is C25H17BrN4O7S2. The number of carbonyl (C=O) groups is 3. The van der Waals surface area contributed by atoms with E-state index >= 15 is 0 Å². The number of aromatic nitrogens is 2. The van der Waals surface area contributed by atoms with Crippen LogP contribution in [0.2, 0.25) is 0 Å². The number of hydrogen-bond acceptors (Lipinski definition) is 10. The minimum absolute atomic E-state index is 0.124. The average molecular weight is 629 g/mol. The summed E-state index contributed by atoms with van der Waals surface area (Å²) in [6.07, 6.45) is -0.980. The van der Waals surface area contributed by atoms with Crippen molar-refractivity contribution in [1.82, 2.24) is 14.3 Å². The van der Waals surface area contributed by atoms with E-state index in [9.17, 15) is 24.5 Å². The fraction of sp³-hybridized carbons (Fsp3) is 0.200. The molecule has 0 bridgehead atoms. The molecule has 4 aromatic rings. The first-order valence-electron chi connectivity index (χ1n) is 11.5. The number of benzene rings is 2. The Morgan fingerprint density at radius 1 is 1.15 bits per heavy atom. The first kappa shape index (κ1) is 25.5. The van der Waals surface area contributed by atoms with E-state index in [1.807, 2.05) is 28.7 Å². The van der Waals surface area contributed by atoms with Crippen LogP contribution in [0.15, 0.2) is 71.9 Å². The third kappa shape index (κ3) is 4.01. The number of ether oxygens (including phenoxy) is 2. The molecule has 2 aliphatic heterocycles. The zero-order valence-electron chi connectivity index (χ0n) is 19.9. The maximum atomic E-state index is 13.6. The maximum absolute atomic E-state index is 13.6. The zero-order valence-corrected chi connectivity index (χ0v) is 23.1. The van der Waals surface area contributed by atoms with Crippen molar-refractivity contribution in [2.75, 3.05) is 0 Å². The van der Waals surface area contributed by atoms with E-state index in [0.29, 0.717) is 9.84 Å². The summed E-state index contributed by atoms with van der Waals surface area (Å²) in [7, 11) is 0. The number of imidazole rings is 1. The van der Waals surface area contributed by atoms with Crippen molar-refractivity contribution in [2.24, 2.45) is 0 Å². The van der Waals surface area contributed by atoms with Gasteiger partial charge < -0.3 is 9.47 Å². The second-order valence-electron chi connectivity index (χ2n) is 8.76. The number of nitro groups is 1. The van der Waals surface area contributed by atoms with Crippen molar-refractivity contribution in [3.8, 4) is 0 Å². The largest absolute Gasteiger partial charge is 0.455 e. The topological polar surface area (TPSA) is 133 Å². The summed E-state index contributed by atoms with van der Waals surface area (Å²) in [6, 6.07) is 15.4. The highest BCUT2D eigenvalue weighted by Gasteiger charge is 2.69. The first-order chi connectivity index (χ1) is 18.7. The summed E-state index contributed by atoms with van der Waals surface area (Å²) in [6.45, 7) is 1.25. The van der Waals surface area contributed by atoms with Gasteiger partial charge in [-0.25, -0.2) is 9.78 Å². The van der Waals surface area contributed by atoms with Gasteiger partial charge in [0.2, 0.25) is 0 Å². The van der Waals surface area contributed by atoms with Crippen molar-refractivity contribution in [1.29, 1.82) is 0 Å². The fourth-order valence-corrected chi connectivity index (χ4v) is 8.15. The number of amides is 1. The van der Waals surface area contributed by atoms with Crippen molar-refractivity contribution < 1.29 is 28.8 Å². The Balaban J connectivity index is 1.28. The molecule has 6 rings (SSSR count). The number of thiazole rings is 1. The molecule has 1 fully saturated rings. The summed E-state index contributed by atoms with van der Waals surface area (Å²) in [5.74, 6) is -2.14. The molecular weight excluding hydrogens is 612 g/mol. The van der Waals surface area contributed by atoms with Crippen molar-refractivity contribution in [3.05, 3.63) is 92.5 Å². The zero-order chi connectivity index (χ0) is 27.5. The molecule has 1 saturated heterocycles. The number of thioether (sulfide) groups is 1. The van der Waals surface area contributed by atoms with Crippen LogP contribution in [0.3, 0.4) is 0 Å². The van der Waals surface area contributed by atoms with E-state index in [0.717, 1.165) is 22.8 Å². The normalized spacial score (nSPS) is 21.7. The lowest BCUT2D eigenvalue weighted by Crippen LogP contribution is -2.70. The Kier molecular flexibility index (Phi) is 6.19. The molecule has 3 unspecified atom stereocenters. The van der Waals surface area contributed by atoms with Crippen LogP contribution in [0.5, 0.6) is 0 Å². The molecule has 4 atom stereocenters. The second-order valence-corrected chi connectivity index (χ2v) is 12.1. The van der Waals surface area contributed by atoms with Gasteiger partial charge in [-0.2, -0.15) is 0 Å². The van der Waals surface area contributed by atoms with Crippen LogP contribution in [0.1, 0.15) is 29.7 Å². The van der Waals surface area contributed by atoms with Crippen LogP contribution in [-0.2, 0) is 23.9 Å². The Hall–Kier alpha value is -3.75. The monoisotopic (exact) mass is 628 g/mol. The smallest absolute Gasteiger partial charge is 0.383 e. The van der Waals surface area contributed by atoms with Gasteiger partial charge in [-0.05, 0) is 24.3 Å². The molecule has 0 radical (unpaired) electrons. The summed E-state index contributed by atoms with van der Waals surface area (Å²) in [5, 5.41) is 12.4. The lowest BCUT2D eigenvalue weighted by molar-refractivity contribution is -0.575. The predicted molar refractivity (Wildman–Crippen MR) is 145 cm³/mol. The van der Waals surface area contributed by atoms with Gasteiger partial charge >= 0.3 is 18.2 Å². The molecule has 14 heteroatoms. The lowest BCUT2D eigenvalue weighted by Gasteiger charge is -2.51. The number of halogens is 1. The van der Waals surface area contributed by atoms with E-state index in [1.165, 1.54) is 40.7 Å². The quantitative estimate of drug-likeness (QED) is 0.0721. The maximum Gasteiger partial charge on any atom is 0.383 e.